The highest BCUT2D eigenvalue weighted by atomic mass is 32.1. The number of nitrogens with two attached hydrogens (primary N) is 1. The lowest BCUT2D eigenvalue weighted by Crippen LogP contribution is -2.39. The zero-order valence-corrected chi connectivity index (χ0v) is 15.5. The Labute approximate surface area is 156 Å². The minimum absolute atomic E-state index is 0.162. The molecular weight excluding hydrogens is 346 g/mol. The van der Waals surface area contributed by atoms with Crippen LogP contribution in [0.5, 0.6) is 0 Å². The van der Waals surface area contributed by atoms with Crippen LogP contribution in [0.2, 0.25) is 0 Å². The molecule has 0 radical (unpaired) electrons. The molecule has 0 bridgehead atoms. The number of carbonyl (C=O) groups excluding carboxylic acids is 1. The molecule has 0 saturated heterocycles. The maximum Gasteiger partial charge on any atom is 0.231 e. The van der Waals surface area contributed by atoms with Crippen LogP contribution >= 0.6 is 11.3 Å². The number of hydrogen-bond acceptors (Lipinski definition) is 5. The van der Waals surface area contributed by atoms with Gasteiger partial charge in [-0.25, -0.2) is 9.97 Å². The summed E-state index contributed by atoms with van der Waals surface area (Å²) in [7, 11) is 0. The third-order valence-electron chi connectivity index (χ3n) is 4.99. The number of benzene rings is 1. The maximum absolute atomic E-state index is 13.0. The number of rotatable bonds is 7. The van der Waals surface area contributed by atoms with Crippen molar-refractivity contribution in [3.8, 4) is 0 Å². The highest BCUT2D eigenvalue weighted by molar-refractivity contribution is 7.22. The predicted molar refractivity (Wildman–Crippen MR) is 104 cm³/mol. The zero-order chi connectivity index (χ0) is 17.9. The molecule has 6 nitrogen and oxygen atoms in total. The van der Waals surface area contributed by atoms with Gasteiger partial charge >= 0.3 is 0 Å². The summed E-state index contributed by atoms with van der Waals surface area (Å²) < 4.78 is 3.13. The Morgan fingerprint density at radius 2 is 2.27 bits per heavy atom. The van der Waals surface area contributed by atoms with Gasteiger partial charge in [-0.05, 0) is 37.0 Å². The van der Waals surface area contributed by atoms with E-state index in [4.69, 9.17) is 10.7 Å². The summed E-state index contributed by atoms with van der Waals surface area (Å²) in [6.07, 6.45) is 9.56. The molecule has 7 heteroatoms. The second-order valence-corrected chi connectivity index (χ2v) is 7.78. The molecule has 1 fully saturated rings. The van der Waals surface area contributed by atoms with Crippen LogP contribution in [0.4, 0.5) is 5.13 Å². The quantitative estimate of drug-likeness (QED) is 0.694. The highest BCUT2D eigenvalue weighted by Crippen LogP contribution is 2.34. The van der Waals surface area contributed by atoms with Crippen LogP contribution in [-0.2, 0) is 17.9 Å². The Balaban J connectivity index is 1.55. The number of fused-ring (bicyclic) bond motifs is 1. The molecule has 1 saturated carbocycles. The molecule has 1 amide bonds. The Morgan fingerprint density at radius 1 is 1.38 bits per heavy atom. The lowest BCUT2D eigenvalue weighted by atomic mass is 9.84. The number of hydrogen-bond donors (Lipinski definition) is 1. The summed E-state index contributed by atoms with van der Waals surface area (Å²) in [6, 6.07) is 6.08. The fourth-order valence-corrected chi connectivity index (χ4v) is 4.27. The standard InChI is InChI=1S/C19H23N5OS/c20-12-14-5-6-16-17(11-14)26-19(22-16)24(18(25)15-3-1-4-15)9-2-8-23-10-7-21-13-23/h5-7,10-11,13,15H,1-4,8-9,12,20H2. The van der Waals surface area contributed by atoms with Gasteiger partial charge < -0.3 is 10.3 Å². The van der Waals surface area contributed by atoms with Crippen LogP contribution in [0.15, 0.2) is 36.9 Å². The van der Waals surface area contributed by atoms with E-state index in [-0.39, 0.29) is 11.8 Å². The van der Waals surface area contributed by atoms with E-state index in [9.17, 15) is 4.79 Å². The zero-order valence-electron chi connectivity index (χ0n) is 14.7. The van der Waals surface area contributed by atoms with Gasteiger partial charge in [-0.2, -0.15) is 0 Å². The van der Waals surface area contributed by atoms with Crippen molar-refractivity contribution in [1.82, 2.24) is 14.5 Å². The average molecular weight is 369 g/mol. The molecule has 0 atom stereocenters. The lowest BCUT2D eigenvalue weighted by molar-refractivity contribution is -0.124. The van der Waals surface area contributed by atoms with Crippen molar-refractivity contribution in [1.29, 1.82) is 0 Å². The van der Waals surface area contributed by atoms with Gasteiger partial charge in [0.25, 0.3) is 0 Å². The molecule has 136 valence electrons. The molecule has 1 aliphatic carbocycles. The molecule has 1 aromatic carbocycles. The third-order valence-corrected chi connectivity index (χ3v) is 6.03. The number of thiazole rings is 1. The summed E-state index contributed by atoms with van der Waals surface area (Å²) >= 11 is 1.58. The van der Waals surface area contributed by atoms with Crippen molar-refractivity contribution in [3.05, 3.63) is 42.5 Å². The van der Waals surface area contributed by atoms with Gasteiger partial charge in [0.2, 0.25) is 5.91 Å². The summed E-state index contributed by atoms with van der Waals surface area (Å²) in [5, 5.41) is 0.803. The molecule has 0 unspecified atom stereocenters. The normalized spacial score (nSPS) is 14.5. The van der Waals surface area contributed by atoms with Crippen LogP contribution in [0, 0.1) is 5.92 Å². The molecular formula is C19H23N5OS. The smallest absolute Gasteiger partial charge is 0.231 e. The number of anilines is 1. The van der Waals surface area contributed by atoms with E-state index < -0.39 is 0 Å². The molecule has 0 aliphatic heterocycles. The van der Waals surface area contributed by atoms with Crippen molar-refractivity contribution in [2.24, 2.45) is 11.7 Å². The second kappa shape index (κ2) is 7.55. The van der Waals surface area contributed by atoms with E-state index in [1.807, 2.05) is 34.1 Å². The Morgan fingerprint density at radius 3 is 2.96 bits per heavy atom. The molecule has 1 aliphatic rings. The predicted octanol–water partition coefficient (Wildman–Crippen LogP) is 3.17. The first-order chi connectivity index (χ1) is 12.7. The molecule has 0 spiro atoms. The van der Waals surface area contributed by atoms with Crippen LogP contribution in [0.25, 0.3) is 10.2 Å². The van der Waals surface area contributed by atoms with Gasteiger partial charge in [0.05, 0.1) is 16.5 Å². The van der Waals surface area contributed by atoms with E-state index in [2.05, 4.69) is 11.1 Å². The largest absolute Gasteiger partial charge is 0.337 e. The highest BCUT2D eigenvalue weighted by Gasteiger charge is 2.31. The molecule has 3 aromatic rings. The van der Waals surface area contributed by atoms with Gasteiger partial charge in [-0.1, -0.05) is 23.8 Å². The van der Waals surface area contributed by atoms with Crippen LogP contribution in [0.3, 0.4) is 0 Å². The Hall–Kier alpha value is -2.25. The summed E-state index contributed by atoms with van der Waals surface area (Å²) in [4.78, 5) is 23.7. The van der Waals surface area contributed by atoms with Gasteiger partial charge in [0.15, 0.2) is 5.13 Å². The van der Waals surface area contributed by atoms with Crippen LogP contribution < -0.4 is 10.6 Å². The summed E-state index contributed by atoms with van der Waals surface area (Å²) in [5.74, 6) is 0.384. The molecule has 2 aromatic heterocycles. The van der Waals surface area contributed by atoms with Crippen molar-refractivity contribution in [2.45, 2.75) is 38.8 Å². The van der Waals surface area contributed by atoms with Gasteiger partial charge in [-0.3, -0.25) is 9.69 Å². The number of nitrogens with zero attached hydrogens (tertiary/aromatic N) is 4. The van der Waals surface area contributed by atoms with Crippen LogP contribution in [0.1, 0.15) is 31.2 Å². The number of amides is 1. The van der Waals surface area contributed by atoms with Gasteiger partial charge in [0.1, 0.15) is 0 Å². The fraction of sp³-hybridized carbons (Fsp3) is 0.421. The van der Waals surface area contributed by atoms with Crippen molar-refractivity contribution in [2.75, 3.05) is 11.4 Å². The van der Waals surface area contributed by atoms with E-state index in [0.717, 1.165) is 53.1 Å². The molecule has 4 rings (SSSR count). The molecule has 2 heterocycles. The number of aromatic nitrogens is 3. The topological polar surface area (TPSA) is 77.0 Å². The number of aryl methyl sites for hydroxylation is 1. The first-order valence-corrected chi connectivity index (χ1v) is 9.93. The minimum Gasteiger partial charge on any atom is -0.337 e. The van der Waals surface area contributed by atoms with E-state index in [1.165, 1.54) is 0 Å². The number of carbonyl (C=O) groups is 1. The van der Waals surface area contributed by atoms with E-state index >= 15 is 0 Å². The SMILES string of the molecule is NCc1ccc2nc(N(CCCn3ccnc3)C(=O)C3CCC3)sc2c1. The lowest BCUT2D eigenvalue weighted by Gasteiger charge is -2.30. The average Bonchev–Trinajstić information content (AvgIpc) is 3.25. The summed E-state index contributed by atoms with van der Waals surface area (Å²) in [5.41, 5.74) is 7.77. The third kappa shape index (κ3) is 3.50. The van der Waals surface area contributed by atoms with Crippen molar-refractivity contribution in [3.63, 3.8) is 0 Å². The van der Waals surface area contributed by atoms with Crippen molar-refractivity contribution >= 4 is 32.6 Å². The van der Waals surface area contributed by atoms with Gasteiger partial charge in [-0.15, -0.1) is 0 Å². The molecule has 2 N–H and O–H groups in total. The van der Waals surface area contributed by atoms with Crippen LogP contribution in [-0.4, -0.2) is 27.0 Å². The summed E-state index contributed by atoms with van der Waals surface area (Å²) in [6.45, 7) is 2.03. The second-order valence-electron chi connectivity index (χ2n) is 6.77. The fourth-order valence-electron chi connectivity index (χ4n) is 3.21. The Bertz CT molecular complexity index is 885. The van der Waals surface area contributed by atoms with Gasteiger partial charge in [0, 0.05) is 37.9 Å². The van der Waals surface area contributed by atoms with E-state index in [1.54, 1.807) is 17.5 Å². The maximum atomic E-state index is 13.0. The minimum atomic E-state index is 0.162. The first kappa shape index (κ1) is 17.2. The van der Waals surface area contributed by atoms with Crippen molar-refractivity contribution < 1.29 is 4.79 Å². The Kier molecular flexibility index (Phi) is 4.99. The first-order valence-electron chi connectivity index (χ1n) is 9.11. The number of imidazole rings is 1. The monoisotopic (exact) mass is 369 g/mol. The molecule has 26 heavy (non-hydrogen) atoms. The van der Waals surface area contributed by atoms with E-state index in [0.29, 0.717) is 13.1 Å².